The first-order chi connectivity index (χ1) is 4.52. The van der Waals surface area contributed by atoms with E-state index >= 15 is 0 Å². The van der Waals surface area contributed by atoms with Gasteiger partial charge in [0, 0.05) is 0 Å². The van der Waals surface area contributed by atoms with Crippen LogP contribution in [0, 0.1) is 5.92 Å². The lowest BCUT2D eigenvalue weighted by molar-refractivity contribution is 0.192. The maximum Gasteiger partial charge on any atom is 0.405 e. The van der Waals surface area contributed by atoms with Gasteiger partial charge in [-0.05, 0) is 12.3 Å². The Labute approximate surface area is 77.5 Å². The van der Waals surface area contributed by atoms with Crippen LogP contribution in [0.25, 0.3) is 0 Å². The van der Waals surface area contributed by atoms with E-state index in [1.165, 1.54) is 0 Å². The number of hydrogen-bond acceptors (Lipinski definition) is 1. The lowest BCUT2D eigenvalue weighted by atomic mass is 10.1. The quantitative estimate of drug-likeness (QED) is 0.544. The van der Waals surface area contributed by atoms with Crippen LogP contribution in [0.15, 0.2) is 0 Å². The Bertz CT molecular complexity index is 119. The van der Waals surface area contributed by atoms with E-state index in [2.05, 4.69) is 5.32 Å². The molecule has 3 nitrogen and oxygen atoms in total. The third kappa shape index (κ3) is 9.85. The Morgan fingerprint density at radius 2 is 2.09 bits per heavy atom. The number of carboxylic acid groups (broad SMARTS) is 1. The first-order valence-electron chi connectivity index (χ1n) is 3.16. The van der Waals surface area contributed by atoms with E-state index in [4.69, 9.17) is 16.7 Å². The minimum Gasteiger partial charge on any atom is -0.465 e. The van der Waals surface area contributed by atoms with Gasteiger partial charge in [-0.1, -0.05) is 25.4 Å². The van der Waals surface area contributed by atoms with Crippen molar-refractivity contribution >= 4 is 30.1 Å². The summed E-state index contributed by atoms with van der Waals surface area (Å²) in [6.07, 6.45) is -0.408. The monoisotopic (exact) mass is 201 g/mol. The summed E-state index contributed by atoms with van der Waals surface area (Å²) in [6, 6.07) is 0. The van der Waals surface area contributed by atoms with E-state index in [-0.39, 0.29) is 12.4 Å². The zero-order valence-corrected chi connectivity index (χ0v) is 8.08. The minimum absolute atomic E-state index is 0. The molecule has 1 amide bonds. The molecule has 5 heteroatoms. The van der Waals surface area contributed by atoms with Crippen LogP contribution in [0.3, 0.4) is 0 Å². The van der Waals surface area contributed by atoms with E-state index in [0.29, 0.717) is 12.3 Å². The minimum atomic E-state index is -1.07. The lowest BCUT2D eigenvalue weighted by Gasteiger charge is -2.10. The number of nitrogens with one attached hydrogen (secondary N) is 1. The molecule has 1 atom stereocenters. The fourth-order valence-electron chi connectivity index (χ4n) is 0.607. The van der Waals surface area contributed by atoms with E-state index in [1.54, 1.807) is 0 Å². The molecule has 0 saturated carbocycles. The summed E-state index contributed by atoms with van der Waals surface area (Å²) >= 11 is 5.58. The van der Waals surface area contributed by atoms with Gasteiger partial charge in [-0.15, -0.1) is 12.4 Å². The largest absolute Gasteiger partial charge is 0.465 e. The van der Waals surface area contributed by atoms with Crippen molar-refractivity contribution in [3.63, 3.8) is 0 Å². The average molecular weight is 202 g/mol. The van der Waals surface area contributed by atoms with Crippen LogP contribution < -0.4 is 5.32 Å². The third-order valence-corrected chi connectivity index (χ3v) is 1.25. The van der Waals surface area contributed by atoms with Gasteiger partial charge >= 0.3 is 6.09 Å². The molecule has 0 aliphatic heterocycles. The summed E-state index contributed by atoms with van der Waals surface area (Å²) in [7, 11) is 0. The predicted octanol–water partition coefficient (Wildman–Crippen LogP) is 2.29. The van der Waals surface area contributed by atoms with Gasteiger partial charge in [-0.3, -0.25) is 0 Å². The van der Waals surface area contributed by atoms with Gasteiger partial charge in [0.1, 0.15) is 5.50 Å². The molecule has 68 valence electrons. The SMILES string of the molecule is CC(C)CC(Cl)NC(=O)O.Cl. The molecule has 0 fully saturated rings. The van der Waals surface area contributed by atoms with E-state index in [0.717, 1.165) is 0 Å². The van der Waals surface area contributed by atoms with Crippen molar-refractivity contribution in [2.24, 2.45) is 5.92 Å². The second kappa shape index (κ2) is 6.55. The van der Waals surface area contributed by atoms with Crippen molar-refractivity contribution in [3.05, 3.63) is 0 Å². The van der Waals surface area contributed by atoms with Crippen molar-refractivity contribution in [2.75, 3.05) is 0 Å². The second-order valence-electron chi connectivity index (χ2n) is 2.55. The zero-order valence-electron chi connectivity index (χ0n) is 6.50. The highest BCUT2D eigenvalue weighted by molar-refractivity contribution is 6.21. The summed E-state index contributed by atoms with van der Waals surface area (Å²) in [5.41, 5.74) is -0.461. The molecule has 0 aromatic carbocycles. The first kappa shape index (κ1) is 13.4. The molecule has 0 saturated heterocycles. The van der Waals surface area contributed by atoms with Crippen LogP contribution in [0.2, 0.25) is 0 Å². The average Bonchev–Trinajstić information content (AvgIpc) is 1.58. The molecule has 11 heavy (non-hydrogen) atoms. The highest BCUT2D eigenvalue weighted by Gasteiger charge is 2.08. The standard InChI is InChI=1S/C6H12ClNO2.ClH/c1-4(2)3-5(7)8-6(9)10;/h4-5,8H,3H2,1-2H3,(H,9,10);1H. The maximum atomic E-state index is 10.00. The summed E-state index contributed by atoms with van der Waals surface area (Å²) in [6.45, 7) is 3.97. The number of carbonyl (C=O) groups is 1. The highest BCUT2D eigenvalue weighted by atomic mass is 35.5. The molecule has 0 aromatic rings. The Morgan fingerprint density at radius 3 is 2.36 bits per heavy atom. The molecular formula is C6H13Cl2NO2. The Hall–Kier alpha value is -0.150. The van der Waals surface area contributed by atoms with Crippen LogP contribution in [0.1, 0.15) is 20.3 Å². The van der Waals surface area contributed by atoms with Crippen molar-refractivity contribution in [1.29, 1.82) is 0 Å². The van der Waals surface area contributed by atoms with Crippen molar-refractivity contribution in [1.82, 2.24) is 5.32 Å². The topological polar surface area (TPSA) is 49.3 Å². The predicted molar refractivity (Wildman–Crippen MR) is 47.5 cm³/mol. The fraction of sp³-hybridized carbons (Fsp3) is 0.833. The molecule has 2 N–H and O–H groups in total. The summed E-state index contributed by atoms with van der Waals surface area (Å²) in [4.78, 5) is 10.00. The van der Waals surface area contributed by atoms with Crippen LogP contribution >= 0.6 is 24.0 Å². The van der Waals surface area contributed by atoms with E-state index in [9.17, 15) is 4.79 Å². The van der Waals surface area contributed by atoms with Gasteiger partial charge in [0.2, 0.25) is 0 Å². The molecule has 0 rings (SSSR count). The zero-order chi connectivity index (χ0) is 8.15. The molecule has 0 heterocycles. The Kier molecular flexibility index (Phi) is 8.01. The van der Waals surface area contributed by atoms with Gasteiger partial charge in [0.15, 0.2) is 0 Å². The molecule has 0 spiro atoms. The third-order valence-electron chi connectivity index (χ3n) is 0.958. The Morgan fingerprint density at radius 1 is 1.64 bits per heavy atom. The van der Waals surface area contributed by atoms with Crippen LogP contribution in [-0.4, -0.2) is 16.7 Å². The van der Waals surface area contributed by atoms with Crippen LogP contribution in [-0.2, 0) is 0 Å². The molecule has 0 aromatic heterocycles. The van der Waals surface area contributed by atoms with Gasteiger partial charge in [0.25, 0.3) is 0 Å². The number of alkyl halides is 1. The summed E-state index contributed by atoms with van der Waals surface area (Å²) < 4.78 is 0. The molecular weight excluding hydrogens is 189 g/mol. The number of hydrogen-bond donors (Lipinski definition) is 2. The fourth-order valence-corrected chi connectivity index (χ4v) is 1.06. The number of rotatable bonds is 3. The smallest absolute Gasteiger partial charge is 0.405 e. The Balaban J connectivity index is 0. The van der Waals surface area contributed by atoms with Crippen LogP contribution in [0.4, 0.5) is 4.79 Å². The van der Waals surface area contributed by atoms with Crippen molar-refractivity contribution in [2.45, 2.75) is 25.8 Å². The summed E-state index contributed by atoms with van der Waals surface area (Å²) in [5.74, 6) is 0.411. The number of amides is 1. The molecule has 1 unspecified atom stereocenters. The van der Waals surface area contributed by atoms with Gasteiger partial charge in [-0.2, -0.15) is 0 Å². The lowest BCUT2D eigenvalue weighted by Crippen LogP contribution is -2.30. The highest BCUT2D eigenvalue weighted by Crippen LogP contribution is 2.07. The molecule has 0 bridgehead atoms. The molecule has 0 aliphatic rings. The molecule has 0 aliphatic carbocycles. The molecule has 0 radical (unpaired) electrons. The maximum absolute atomic E-state index is 10.00. The van der Waals surface area contributed by atoms with E-state index < -0.39 is 11.6 Å². The van der Waals surface area contributed by atoms with Crippen LogP contribution in [0.5, 0.6) is 0 Å². The van der Waals surface area contributed by atoms with Crippen molar-refractivity contribution in [3.8, 4) is 0 Å². The van der Waals surface area contributed by atoms with Gasteiger partial charge < -0.3 is 10.4 Å². The van der Waals surface area contributed by atoms with Gasteiger partial charge in [-0.25, -0.2) is 4.79 Å². The van der Waals surface area contributed by atoms with Crippen molar-refractivity contribution < 1.29 is 9.90 Å². The normalized spacial score (nSPS) is 12.0. The number of halogens is 2. The van der Waals surface area contributed by atoms with Gasteiger partial charge in [0.05, 0.1) is 0 Å². The first-order valence-corrected chi connectivity index (χ1v) is 3.59. The van der Waals surface area contributed by atoms with E-state index in [1.807, 2.05) is 13.8 Å². The second-order valence-corrected chi connectivity index (χ2v) is 3.07. The summed E-state index contributed by atoms with van der Waals surface area (Å²) in [5, 5.41) is 10.4.